The molecule has 20 heavy (non-hydrogen) atoms. The van der Waals surface area contributed by atoms with E-state index < -0.39 is 0 Å². The molecule has 0 amide bonds. The van der Waals surface area contributed by atoms with Crippen molar-refractivity contribution in [2.75, 3.05) is 12.4 Å². The molecule has 2 nitrogen and oxygen atoms in total. The molecule has 2 aromatic carbocycles. The lowest BCUT2D eigenvalue weighted by molar-refractivity contribution is 0.414. The van der Waals surface area contributed by atoms with Gasteiger partial charge in [0.2, 0.25) is 0 Å². The molecule has 106 valence electrons. The number of methoxy groups -OCH3 is 1. The van der Waals surface area contributed by atoms with E-state index in [4.69, 9.17) is 4.74 Å². The molecule has 0 saturated heterocycles. The minimum atomic E-state index is 0.584. The van der Waals surface area contributed by atoms with Crippen LogP contribution >= 0.6 is 0 Å². The summed E-state index contributed by atoms with van der Waals surface area (Å²) in [5.41, 5.74) is 5.03. The first-order valence-corrected chi connectivity index (χ1v) is 7.07. The predicted octanol–water partition coefficient (Wildman–Crippen LogP) is 4.74. The second-order valence-corrected chi connectivity index (χ2v) is 5.43. The largest absolute Gasteiger partial charge is 0.497 e. The quantitative estimate of drug-likeness (QED) is 0.846. The minimum absolute atomic E-state index is 0.584. The Morgan fingerprint density at radius 2 is 1.75 bits per heavy atom. The highest BCUT2D eigenvalue weighted by atomic mass is 16.5. The van der Waals surface area contributed by atoms with Gasteiger partial charge in [0.25, 0.3) is 0 Å². The molecule has 2 aromatic rings. The number of aryl methyl sites for hydroxylation is 1. The van der Waals surface area contributed by atoms with Crippen LogP contribution in [0.25, 0.3) is 0 Å². The van der Waals surface area contributed by atoms with Crippen molar-refractivity contribution in [1.29, 1.82) is 0 Å². The molecule has 0 unspecified atom stereocenters. The lowest BCUT2D eigenvalue weighted by atomic mass is 10.0. The summed E-state index contributed by atoms with van der Waals surface area (Å²) in [6.07, 6.45) is 0. The predicted molar refractivity (Wildman–Crippen MR) is 85.6 cm³/mol. The molecule has 2 rings (SSSR count). The van der Waals surface area contributed by atoms with Crippen LogP contribution in [0.1, 0.15) is 36.5 Å². The summed E-state index contributed by atoms with van der Waals surface area (Å²) in [4.78, 5) is 0. The van der Waals surface area contributed by atoms with Crippen molar-refractivity contribution in [3.05, 3.63) is 59.2 Å². The fraction of sp³-hybridized carbons (Fsp3) is 0.333. The topological polar surface area (TPSA) is 21.3 Å². The first-order valence-electron chi connectivity index (χ1n) is 7.07. The molecule has 0 spiro atoms. The first kappa shape index (κ1) is 14.4. The summed E-state index contributed by atoms with van der Waals surface area (Å²) in [7, 11) is 1.69. The van der Waals surface area contributed by atoms with Gasteiger partial charge in [0.1, 0.15) is 5.75 Å². The van der Waals surface area contributed by atoms with Crippen LogP contribution in [0.2, 0.25) is 0 Å². The van der Waals surface area contributed by atoms with E-state index in [2.05, 4.69) is 56.4 Å². The van der Waals surface area contributed by atoms with Crippen LogP contribution in [0.4, 0.5) is 5.69 Å². The van der Waals surface area contributed by atoms with Crippen molar-refractivity contribution in [1.82, 2.24) is 0 Å². The maximum atomic E-state index is 5.22. The van der Waals surface area contributed by atoms with E-state index in [0.29, 0.717) is 5.92 Å². The van der Waals surface area contributed by atoms with Gasteiger partial charge >= 0.3 is 0 Å². The molecule has 0 saturated carbocycles. The van der Waals surface area contributed by atoms with Crippen molar-refractivity contribution in [3.8, 4) is 5.75 Å². The average molecular weight is 269 g/mol. The Bertz CT molecular complexity index is 558. The fourth-order valence-corrected chi connectivity index (χ4v) is 2.18. The summed E-state index contributed by atoms with van der Waals surface area (Å²) in [5.74, 6) is 1.48. The Labute approximate surface area is 121 Å². The van der Waals surface area contributed by atoms with Gasteiger partial charge in [0, 0.05) is 12.2 Å². The van der Waals surface area contributed by atoms with E-state index in [1.54, 1.807) is 7.11 Å². The highest BCUT2D eigenvalue weighted by Gasteiger charge is 2.02. The summed E-state index contributed by atoms with van der Waals surface area (Å²) in [6.45, 7) is 7.36. The van der Waals surface area contributed by atoms with E-state index in [9.17, 15) is 0 Å². The Morgan fingerprint density at radius 3 is 2.30 bits per heavy atom. The van der Waals surface area contributed by atoms with Gasteiger partial charge in [-0.25, -0.2) is 0 Å². The highest BCUT2D eigenvalue weighted by molar-refractivity contribution is 5.53. The van der Waals surface area contributed by atoms with Crippen molar-refractivity contribution >= 4 is 5.69 Å². The van der Waals surface area contributed by atoms with E-state index in [1.807, 2.05) is 12.1 Å². The molecule has 0 bridgehead atoms. The Hall–Kier alpha value is -1.96. The number of hydrogen-bond donors (Lipinski definition) is 1. The van der Waals surface area contributed by atoms with Crippen LogP contribution in [0.3, 0.4) is 0 Å². The lowest BCUT2D eigenvalue weighted by Gasteiger charge is -2.12. The minimum Gasteiger partial charge on any atom is -0.497 e. The van der Waals surface area contributed by atoms with Crippen LogP contribution in [-0.4, -0.2) is 7.11 Å². The van der Waals surface area contributed by atoms with Gasteiger partial charge in [0.05, 0.1) is 7.11 Å². The summed E-state index contributed by atoms with van der Waals surface area (Å²) < 4.78 is 5.22. The van der Waals surface area contributed by atoms with Gasteiger partial charge in [0.15, 0.2) is 0 Å². The molecule has 1 N–H and O–H groups in total. The number of benzene rings is 2. The monoisotopic (exact) mass is 269 g/mol. The van der Waals surface area contributed by atoms with Gasteiger partial charge in [-0.05, 0) is 47.7 Å². The number of anilines is 1. The molecule has 0 aliphatic carbocycles. The molecule has 0 fully saturated rings. The fourth-order valence-electron chi connectivity index (χ4n) is 2.18. The maximum absolute atomic E-state index is 5.22. The molecule has 0 aliphatic heterocycles. The summed E-state index contributed by atoms with van der Waals surface area (Å²) >= 11 is 0. The second-order valence-electron chi connectivity index (χ2n) is 5.43. The highest BCUT2D eigenvalue weighted by Crippen LogP contribution is 2.22. The van der Waals surface area contributed by atoms with Crippen LogP contribution in [0, 0.1) is 6.92 Å². The van der Waals surface area contributed by atoms with E-state index in [-0.39, 0.29) is 0 Å². The normalized spacial score (nSPS) is 10.7. The number of hydrogen-bond acceptors (Lipinski definition) is 2. The second kappa shape index (κ2) is 6.47. The molecule has 0 radical (unpaired) electrons. The van der Waals surface area contributed by atoms with Crippen LogP contribution in [-0.2, 0) is 6.54 Å². The van der Waals surface area contributed by atoms with Gasteiger partial charge in [-0.15, -0.1) is 0 Å². The van der Waals surface area contributed by atoms with Crippen molar-refractivity contribution in [2.45, 2.75) is 33.2 Å². The molecule has 0 aromatic heterocycles. The SMILES string of the molecule is COc1ccc(NCc2ccc(C(C)C)cc2)c(C)c1. The van der Waals surface area contributed by atoms with Gasteiger partial charge in [-0.3, -0.25) is 0 Å². The maximum Gasteiger partial charge on any atom is 0.119 e. The van der Waals surface area contributed by atoms with Crippen molar-refractivity contribution in [2.24, 2.45) is 0 Å². The third-order valence-electron chi connectivity index (χ3n) is 3.56. The van der Waals surface area contributed by atoms with E-state index >= 15 is 0 Å². The van der Waals surface area contributed by atoms with Crippen LogP contribution in [0.5, 0.6) is 5.75 Å². The van der Waals surface area contributed by atoms with Gasteiger partial charge in [-0.1, -0.05) is 38.1 Å². The molecule has 0 heterocycles. The molecular formula is C18H23NO. The molecular weight excluding hydrogens is 246 g/mol. The number of rotatable bonds is 5. The average Bonchev–Trinajstić information content (AvgIpc) is 2.46. The van der Waals surface area contributed by atoms with E-state index in [1.165, 1.54) is 16.7 Å². The first-order chi connectivity index (χ1) is 9.60. The van der Waals surface area contributed by atoms with Crippen molar-refractivity contribution in [3.63, 3.8) is 0 Å². The Morgan fingerprint density at radius 1 is 1.05 bits per heavy atom. The zero-order valence-electron chi connectivity index (χ0n) is 12.7. The smallest absolute Gasteiger partial charge is 0.119 e. The molecule has 0 atom stereocenters. The van der Waals surface area contributed by atoms with Gasteiger partial charge < -0.3 is 10.1 Å². The van der Waals surface area contributed by atoms with Crippen LogP contribution < -0.4 is 10.1 Å². The zero-order valence-corrected chi connectivity index (χ0v) is 12.7. The Kier molecular flexibility index (Phi) is 4.67. The summed E-state index contributed by atoms with van der Waals surface area (Å²) in [5, 5.41) is 3.47. The lowest BCUT2D eigenvalue weighted by Crippen LogP contribution is -2.01. The summed E-state index contributed by atoms with van der Waals surface area (Å²) in [6, 6.07) is 14.9. The van der Waals surface area contributed by atoms with Crippen LogP contribution in [0.15, 0.2) is 42.5 Å². The number of nitrogens with one attached hydrogen (secondary N) is 1. The zero-order chi connectivity index (χ0) is 14.5. The van der Waals surface area contributed by atoms with Crippen molar-refractivity contribution < 1.29 is 4.74 Å². The third kappa shape index (κ3) is 3.53. The third-order valence-corrected chi connectivity index (χ3v) is 3.56. The number of ether oxygens (including phenoxy) is 1. The Balaban J connectivity index is 2.01. The van der Waals surface area contributed by atoms with E-state index in [0.717, 1.165) is 18.0 Å². The molecule has 2 heteroatoms. The molecule has 0 aliphatic rings. The standard InChI is InChI=1S/C18H23NO/c1-13(2)16-7-5-15(6-8-16)12-19-18-10-9-17(20-4)11-14(18)3/h5-11,13,19H,12H2,1-4H3. The van der Waals surface area contributed by atoms with Gasteiger partial charge in [-0.2, -0.15) is 0 Å².